The van der Waals surface area contributed by atoms with E-state index >= 15 is 0 Å². The molecule has 0 radical (unpaired) electrons. The molecule has 0 saturated carbocycles. The summed E-state index contributed by atoms with van der Waals surface area (Å²) < 4.78 is 4.97. The van der Waals surface area contributed by atoms with E-state index in [2.05, 4.69) is 6.92 Å². The maximum Gasteiger partial charge on any atom is 0.305 e. The zero-order valence-corrected chi connectivity index (χ0v) is 15.8. The molecule has 3 nitrogen and oxygen atoms in total. The molecule has 1 N–H and O–H groups in total. The van der Waals surface area contributed by atoms with Gasteiger partial charge in [0.05, 0.1) is 12.0 Å². The van der Waals surface area contributed by atoms with Crippen molar-refractivity contribution < 1.29 is 14.6 Å². The number of carbonyl (C=O) groups excluding carboxylic acids is 1. The smallest absolute Gasteiger partial charge is 0.305 e. The molecule has 0 aromatic rings. The fourth-order valence-corrected chi connectivity index (χ4v) is 2.66. The first-order valence-electron chi connectivity index (χ1n) is 9.61. The summed E-state index contributed by atoms with van der Waals surface area (Å²) in [5, 5.41) is 8.24. The predicted octanol–water partition coefficient (Wildman–Crippen LogP) is 5.61. The zero-order valence-electron chi connectivity index (χ0n) is 15.0. The molecular weight excluding hydrogens is 312 g/mol. The molecule has 1 unspecified atom stereocenters. The summed E-state index contributed by atoms with van der Waals surface area (Å²) in [5.74, 6) is -0.202. The molecule has 0 aromatic heterocycles. The molecule has 0 aliphatic carbocycles. The van der Waals surface area contributed by atoms with Gasteiger partial charge in [-0.25, -0.2) is 0 Å². The maximum absolute atomic E-state index is 11.4. The van der Waals surface area contributed by atoms with Crippen LogP contribution in [0.5, 0.6) is 0 Å². The number of carbonyl (C=O) groups is 1. The van der Waals surface area contributed by atoms with Crippen LogP contribution in [0.25, 0.3) is 0 Å². The second-order valence-corrected chi connectivity index (χ2v) is 7.07. The van der Waals surface area contributed by atoms with E-state index in [1.165, 1.54) is 70.6 Å². The second-order valence-electron chi connectivity index (χ2n) is 6.46. The molecule has 0 aromatic carbocycles. The number of aliphatic hydroxyl groups excluding tert-OH is 1. The normalized spacial score (nSPS) is 12.3. The minimum absolute atomic E-state index is 0.106. The summed E-state index contributed by atoms with van der Waals surface area (Å²) in [4.78, 5) is 11.4. The quantitative estimate of drug-likeness (QED) is 0.211. The number of hydrogen-bond donors (Lipinski definition) is 1. The minimum Gasteiger partial charge on any atom is -0.464 e. The number of unbranched alkanes of at least 4 members (excludes halogenated alkanes) is 12. The molecule has 0 fully saturated rings. The highest BCUT2D eigenvalue weighted by Gasteiger charge is 2.07. The van der Waals surface area contributed by atoms with E-state index in [0.717, 1.165) is 12.8 Å². The van der Waals surface area contributed by atoms with Crippen molar-refractivity contribution in [1.29, 1.82) is 0 Å². The van der Waals surface area contributed by atoms with Crippen LogP contribution in [0, 0.1) is 0 Å². The fraction of sp³-hybridized carbons (Fsp3) is 0.947. The van der Waals surface area contributed by atoms with E-state index in [-0.39, 0.29) is 19.2 Å². The number of rotatable bonds is 17. The maximum atomic E-state index is 11.4. The summed E-state index contributed by atoms with van der Waals surface area (Å²) in [6.45, 7) is 2.21. The zero-order chi connectivity index (χ0) is 17.2. The highest BCUT2D eigenvalue weighted by Crippen LogP contribution is 2.13. The van der Waals surface area contributed by atoms with Gasteiger partial charge < -0.3 is 9.84 Å². The van der Waals surface area contributed by atoms with Gasteiger partial charge in [-0.2, -0.15) is 0 Å². The third-order valence-corrected chi connectivity index (χ3v) is 4.37. The van der Waals surface area contributed by atoms with Crippen LogP contribution in [-0.2, 0) is 9.53 Å². The van der Waals surface area contributed by atoms with Crippen LogP contribution in [0.15, 0.2) is 0 Å². The molecule has 0 aliphatic rings. The fourth-order valence-electron chi connectivity index (χ4n) is 2.60. The number of esters is 1. The molecule has 0 heterocycles. The SMILES string of the molecule is CCCCCCCCCCCCCCCC(=O)OCC(Cl)CO. The number of aliphatic hydroxyl groups is 1. The lowest BCUT2D eigenvalue weighted by Crippen LogP contribution is -2.16. The Morgan fingerprint density at radius 3 is 1.74 bits per heavy atom. The first-order valence-corrected chi connectivity index (χ1v) is 10.0. The molecule has 0 amide bonds. The van der Waals surface area contributed by atoms with Gasteiger partial charge >= 0.3 is 5.97 Å². The van der Waals surface area contributed by atoms with E-state index in [9.17, 15) is 4.79 Å². The van der Waals surface area contributed by atoms with Crippen molar-refractivity contribution in [3.8, 4) is 0 Å². The molecule has 138 valence electrons. The largest absolute Gasteiger partial charge is 0.464 e. The molecule has 0 spiro atoms. The standard InChI is InChI=1S/C19H37ClO3/c1-2-3-4-5-6-7-8-9-10-11-12-13-14-15-19(22)23-17-18(20)16-21/h18,21H,2-17H2,1H3. The van der Waals surface area contributed by atoms with Crippen molar-refractivity contribution in [1.82, 2.24) is 0 Å². The van der Waals surface area contributed by atoms with E-state index in [0.29, 0.717) is 6.42 Å². The number of ether oxygens (including phenoxy) is 1. The van der Waals surface area contributed by atoms with Crippen LogP contribution in [0.2, 0.25) is 0 Å². The predicted molar refractivity (Wildman–Crippen MR) is 98.0 cm³/mol. The summed E-state index contributed by atoms with van der Waals surface area (Å²) in [6, 6.07) is 0. The van der Waals surface area contributed by atoms with Gasteiger partial charge in [0.25, 0.3) is 0 Å². The molecule has 1 atom stereocenters. The first kappa shape index (κ1) is 22.7. The molecule has 0 aliphatic heterocycles. The van der Waals surface area contributed by atoms with Gasteiger partial charge in [0.2, 0.25) is 0 Å². The van der Waals surface area contributed by atoms with Gasteiger partial charge in [-0.1, -0.05) is 84.0 Å². The average molecular weight is 349 g/mol. The van der Waals surface area contributed by atoms with Gasteiger partial charge in [-0.3, -0.25) is 4.79 Å². The molecule has 0 bridgehead atoms. The van der Waals surface area contributed by atoms with E-state index in [1.807, 2.05) is 0 Å². The average Bonchev–Trinajstić information content (AvgIpc) is 2.56. The highest BCUT2D eigenvalue weighted by atomic mass is 35.5. The van der Waals surface area contributed by atoms with Crippen molar-refractivity contribution in [2.75, 3.05) is 13.2 Å². The summed E-state index contributed by atoms with van der Waals surface area (Å²) in [6.07, 6.45) is 17.3. The lowest BCUT2D eigenvalue weighted by Gasteiger charge is -2.07. The van der Waals surface area contributed by atoms with Crippen molar-refractivity contribution in [3.05, 3.63) is 0 Å². The first-order chi connectivity index (χ1) is 11.2. The third-order valence-electron chi connectivity index (χ3n) is 4.11. The Bertz CT molecular complexity index is 259. The number of halogens is 1. The Morgan fingerprint density at radius 1 is 0.870 bits per heavy atom. The molecule has 0 rings (SSSR count). The van der Waals surface area contributed by atoms with Gasteiger partial charge in [0.1, 0.15) is 6.61 Å². The van der Waals surface area contributed by atoms with Gasteiger partial charge in [0.15, 0.2) is 0 Å². The van der Waals surface area contributed by atoms with Crippen molar-refractivity contribution in [3.63, 3.8) is 0 Å². The Morgan fingerprint density at radius 2 is 1.30 bits per heavy atom. The van der Waals surface area contributed by atoms with Gasteiger partial charge in [-0.05, 0) is 6.42 Å². The third kappa shape index (κ3) is 17.9. The molecule has 23 heavy (non-hydrogen) atoms. The van der Waals surface area contributed by atoms with Crippen LogP contribution in [0.3, 0.4) is 0 Å². The van der Waals surface area contributed by atoms with E-state index in [1.54, 1.807) is 0 Å². The van der Waals surface area contributed by atoms with Crippen LogP contribution in [0.4, 0.5) is 0 Å². The lowest BCUT2D eigenvalue weighted by molar-refractivity contribution is -0.143. The second kappa shape index (κ2) is 18.1. The monoisotopic (exact) mass is 348 g/mol. The summed E-state index contributed by atoms with van der Waals surface area (Å²) >= 11 is 5.67. The Kier molecular flexibility index (Phi) is 17.8. The molecule has 0 saturated heterocycles. The summed E-state index contributed by atoms with van der Waals surface area (Å²) in [7, 11) is 0. The van der Waals surface area contributed by atoms with Crippen molar-refractivity contribution in [2.24, 2.45) is 0 Å². The van der Waals surface area contributed by atoms with Gasteiger partial charge in [-0.15, -0.1) is 11.6 Å². The lowest BCUT2D eigenvalue weighted by atomic mass is 10.0. The van der Waals surface area contributed by atoms with Gasteiger partial charge in [0, 0.05) is 6.42 Å². The Hall–Kier alpha value is -0.280. The Labute approximate surface area is 148 Å². The van der Waals surface area contributed by atoms with Crippen LogP contribution in [0.1, 0.15) is 96.8 Å². The number of alkyl halides is 1. The van der Waals surface area contributed by atoms with Crippen LogP contribution < -0.4 is 0 Å². The highest BCUT2D eigenvalue weighted by molar-refractivity contribution is 6.20. The van der Waals surface area contributed by atoms with Crippen LogP contribution >= 0.6 is 11.6 Å². The molecule has 4 heteroatoms. The van der Waals surface area contributed by atoms with Crippen LogP contribution in [-0.4, -0.2) is 29.7 Å². The van der Waals surface area contributed by atoms with Crippen molar-refractivity contribution >= 4 is 17.6 Å². The van der Waals surface area contributed by atoms with E-state index in [4.69, 9.17) is 21.4 Å². The minimum atomic E-state index is -0.481. The van der Waals surface area contributed by atoms with E-state index < -0.39 is 5.38 Å². The van der Waals surface area contributed by atoms with Crippen molar-refractivity contribution in [2.45, 2.75) is 102 Å². The Balaban J connectivity index is 3.14. The summed E-state index contributed by atoms with van der Waals surface area (Å²) in [5.41, 5.74) is 0. The topological polar surface area (TPSA) is 46.5 Å². The number of hydrogen-bond acceptors (Lipinski definition) is 3. The molecular formula is C19H37ClO3.